The molecule has 6 nitrogen and oxygen atoms in total. The molecule has 0 radical (unpaired) electrons. The van der Waals surface area contributed by atoms with Crippen molar-refractivity contribution in [3.05, 3.63) is 65.9 Å². The van der Waals surface area contributed by atoms with E-state index < -0.39 is 38.2 Å². The van der Waals surface area contributed by atoms with Crippen molar-refractivity contribution in [2.75, 3.05) is 7.11 Å². The fourth-order valence-electron chi connectivity index (χ4n) is 3.28. The van der Waals surface area contributed by atoms with Crippen LogP contribution < -0.4 is 4.72 Å². The number of methoxy groups -OCH3 is 1. The Balaban J connectivity index is 2.37. The molecule has 3 aromatic rings. The van der Waals surface area contributed by atoms with Crippen LogP contribution in [-0.2, 0) is 25.1 Å². The zero-order valence-corrected chi connectivity index (χ0v) is 16.2. The fraction of sp³-hybridized carbons (Fsp3) is 0.211. The summed E-state index contributed by atoms with van der Waals surface area (Å²) >= 11 is 0. The quantitative estimate of drug-likeness (QED) is 0.613. The summed E-state index contributed by atoms with van der Waals surface area (Å²) in [7, 11) is -3.98. The number of esters is 1. The fourth-order valence-corrected chi connectivity index (χ4v) is 4.62. The number of nitrogens with one attached hydrogen (secondary N) is 2. The lowest BCUT2D eigenvalue weighted by molar-refractivity contribution is -0.210. The molecule has 2 aromatic carbocycles. The molecular formula is C19H17F3N2O4S. The normalized spacial score (nSPS) is 14.5. The lowest BCUT2D eigenvalue weighted by Crippen LogP contribution is -2.61. The summed E-state index contributed by atoms with van der Waals surface area (Å²) in [6.07, 6.45) is -5.35. The van der Waals surface area contributed by atoms with Gasteiger partial charge >= 0.3 is 12.1 Å². The highest BCUT2D eigenvalue weighted by atomic mass is 32.2. The first kappa shape index (κ1) is 20.9. The second-order valence-corrected chi connectivity index (χ2v) is 8.01. The summed E-state index contributed by atoms with van der Waals surface area (Å²) in [5.41, 5.74) is -3.92. The molecule has 1 heterocycles. The number of halogens is 3. The smallest absolute Gasteiger partial charge is 0.422 e. The number of aromatic nitrogens is 1. The molecule has 3 rings (SSSR count). The molecule has 0 bridgehead atoms. The van der Waals surface area contributed by atoms with Crippen LogP contribution in [-0.4, -0.2) is 32.7 Å². The van der Waals surface area contributed by atoms with Crippen LogP contribution in [0, 0.1) is 6.92 Å². The van der Waals surface area contributed by atoms with Crippen LogP contribution in [0.4, 0.5) is 13.2 Å². The first-order valence-corrected chi connectivity index (χ1v) is 9.85. The van der Waals surface area contributed by atoms with Gasteiger partial charge in [-0.1, -0.05) is 36.4 Å². The largest absolute Gasteiger partial charge is 0.467 e. The second-order valence-electron chi connectivity index (χ2n) is 6.33. The van der Waals surface area contributed by atoms with E-state index in [-0.39, 0.29) is 11.1 Å². The highest BCUT2D eigenvalue weighted by Gasteiger charge is 2.66. The van der Waals surface area contributed by atoms with E-state index in [2.05, 4.69) is 9.72 Å². The van der Waals surface area contributed by atoms with Gasteiger partial charge in [-0.05, 0) is 25.1 Å². The minimum atomic E-state index is -5.35. The van der Waals surface area contributed by atoms with Crippen molar-refractivity contribution in [1.82, 2.24) is 9.71 Å². The molecule has 154 valence electrons. The third-order valence-electron chi connectivity index (χ3n) is 4.53. The lowest BCUT2D eigenvalue weighted by atomic mass is 9.87. The van der Waals surface area contributed by atoms with Gasteiger partial charge in [-0.25, -0.2) is 13.2 Å². The van der Waals surface area contributed by atoms with E-state index in [4.69, 9.17) is 0 Å². The number of H-pyrrole nitrogens is 1. The summed E-state index contributed by atoms with van der Waals surface area (Å²) in [5.74, 6) is -1.79. The molecule has 10 heteroatoms. The zero-order valence-electron chi connectivity index (χ0n) is 15.4. The van der Waals surface area contributed by atoms with Crippen molar-refractivity contribution < 1.29 is 31.1 Å². The highest BCUT2D eigenvalue weighted by Crippen LogP contribution is 2.45. The number of ether oxygens (including phenoxy) is 1. The number of hydrogen-bond acceptors (Lipinski definition) is 4. The van der Waals surface area contributed by atoms with E-state index in [1.165, 1.54) is 43.3 Å². The van der Waals surface area contributed by atoms with Crippen LogP contribution in [0.25, 0.3) is 10.9 Å². The Morgan fingerprint density at radius 2 is 1.62 bits per heavy atom. The van der Waals surface area contributed by atoms with Crippen LogP contribution in [0.3, 0.4) is 0 Å². The Morgan fingerprint density at radius 3 is 2.21 bits per heavy atom. The van der Waals surface area contributed by atoms with Gasteiger partial charge in [0.15, 0.2) is 0 Å². The molecule has 0 saturated carbocycles. The minimum absolute atomic E-state index is 0.0234. The average Bonchev–Trinajstić information content (AvgIpc) is 3.01. The van der Waals surface area contributed by atoms with Crippen LogP contribution >= 0.6 is 0 Å². The monoisotopic (exact) mass is 426 g/mol. The number of aryl methyl sites for hydroxylation is 1. The van der Waals surface area contributed by atoms with Crippen molar-refractivity contribution in [3.63, 3.8) is 0 Å². The van der Waals surface area contributed by atoms with Crippen molar-refractivity contribution in [2.45, 2.75) is 23.5 Å². The Kier molecular flexibility index (Phi) is 5.18. The Hall–Kier alpha value is -2.85. The minimum Gasteiger partial charge on any atom is -0.467 e. The SMILES string of the molecule is COC(=O)[C@@](NS(=O)(=O)c1ccccc1)(c1c(C)[nH]c2ccccc12)C(F)(F)F. The molecule has 0 unspecified atom stereocenters. The Labute approximate surface area is 164 Å². The Bertz CT molecular complexity index is 1160. The highest BCUT2D eigenvalue weighted by molar-refractivity contribution is 7.89. The van der Waals surface area contributed by atoms with Crippen molar-refractivity contribution >= 4 is 26.9 Å². The van der Waals surface area contributed by atoms with Gasteiger partial charge < -0.3 is 9.72 Å². The number of carbonyl (C=O) groups is 1. The van der Waals surface area contributed by atoms with E-state index in [9.17, 15) is 26.4 Å². The van der Waals surface area contributed by atoms with Gasteiger partial charge in [0.2, 0.25) is 10.0 Å². The van der Waals surface area contributed by atoms with Gasteiger partial charge in [-0.15, -0.1) is 0 Å². The molecule has 1 atom stereocenters. The lowest BCUT2D eigenvalue weighted by Gasteiger charge is -2.34. The number of hydrogen-bond donors (Lipinski definition) is 2. The van der Waals surface area contributed by atoms with Gasteiger partial charge in [0.1, 0.15) is 0 Å². The van der Waals surface area contributed by atoms with Gasteiger partial charge in [0.25, 0.3) is 5.54 Å². The van der Waals surface area contributed by atoms with Crippen molar-refractivity contribution in [2.24, 2.45) is 0 Å². The first-order valence-electron chi connectivity index (χ1n) is 8.36. The van der Waals surface area contributed by atoms with E-state index in [1.807, 2.05) is 0 Å². The number of benzene rings is 2. The topological polar surface area (TPSA) is 88.3 Å². The number of alkyl halides is 3. The van der Waals surface area contributed by atoms with Gasteiger partial charge in [0.05, 0.1) is 12.0 Å². The summed E-state index contributed by atoms with van der Waals surface area (Å²) in [4.78, 5) is 14.9. The van der Waals surface area contributed by atoms with Crippen LogP contribution in [0.15, 0.2) is 59.5 Å². The maximum atomic E-state index is 14.5. The number of aromatic amines is 1. The molecule has 1 aromatic heterocycles. The first-order chi connectivity index (χ1) is 13.5. The van der Waals surface area contributed by atoms with Crippen LogP contribution in [0.1, 0.15) is 11.3 Å². The van der Waals surface area contributed by atoms with E-state index >= 15 is 0 Å². The number of para-hydroxylation sites is 1. The number of carbonyl (C=O) groups excluding carboxylic acids is 1. The molecule has 2 N–H and O–H groups in total. The summed E-state index contributed by atoms with van der Waals surface area (Å²) in [6, 6.07) is 12.5. The molecule has 0 amide bonds. The summed E-state index contributed by atoms with van der Waals surface area (Å²) in [6.45, 7) is 1.33. The predicted molar refractivity (Wildman–Crippen MR) is 99.5 cm³/mol. The number of rotatable bonds is 5. The van der Waals surface area contributed by atoms with E-state index in [0.29, 0.717) is 5.52 Å². The van der Waals surface area contributed by atoms with E-state index in [0.717, 1.165) is 19.2 Å². The number of fused-ring (bicyclic) bond motifs is 1. The summed E-state index contributed by atoms with van der Waals surface area (Å²) in [5, 5.41) is 0.0449. The predicted octanol–water partition coefficient (Wildman–Crippen LogP) is 3.39. The molecule has 0 aliphatic carbocycles. The summed E-state index contributed by atoms with van der Waals surface area (Å²) < 4.78 is 75.2. The maximum absolute atomic E-state index is 14.5. The van der Waals surface area contributed by atoms with Gasteiger partial charge in [-0.3, -0.25) is 0 Å². The van der Waals surface area contributed by atoms with Gasteiger partial charge in [0, 0.05) is 22.2 Å². The average molecular weight is 426 g/mol. The molecule has 0 spiro atoms. The number of sulfonamides is 1. The molecule has 0 saturated heterocycles. The molecule has 0 fully saturated rings. The Morgan fingerprint density at radius 1 is 1.03 bits per heavy atom. The van der Waals surface area contributed by atoms with Gasteiger partial charge in [-0.2, -0.15) is 17.9 Å². The van der Waals surface area contributed by atoms with Crippen molar-refractivity contribution in [3.8, 4) is 0 Å². The van der Waals surface area contributed by atoms with Crippen LogP contribution in [0.5, 0.6) is 0 Å². The molecule has 0 aliphatic rings. The third-order valence-corrected chi connectivity index (χ3v) is 5.99. The maximum Gasteiger partial charge on any atom is 0.422 e. The second kappa shape index (κ2) is 7.20. The zero-order chi connectivity index (χ0) is 21.4. The van der Waals surface area contributed by atoms with Crippen molar-refractivity contribution in [1.29, 1.82) is 0 Å². The standard InChI is InChI=1S/C19H17F3N2O4S/c1-12-16(14-10-6-7-11-15(14)23-12)18(17(25)28-2,19(20,21)22)24-29(26,27)13-8-4-3-5-9-13/h3-11,23-24H,1-2H3/t18-/m0/s1. The third kappa shape index (κ3) is 3.38. The van der Waals surface area contributed by atoms with Crippen LogP contribution in [0.2, 0.25) is 0 Å². The molecule has 29 heavy (non-hydrogen) atoms. The van der Waals surface area contributed by atoms with E-state index in [1.54, 1.807) is 10.8 Å². The molecule has 0 aliphatic heterocycles. The molecular weight excluding hydrogens is 409 g/mol.